The van der Waals surface area contributed by atoms with Gasteiger partial charge in [0.1, 0.15) is 10.5 Å². The molecule has 0 aliphatic carbocycles. The van der Waals surface area contributed by atoms with E-state index < -0.39 is 23.4 Å². The fourth-order valence-corrected chi connectivity index (χ4v) is 6.06. The number of aromatic nitrogens is 1. The lowest BCUT2D eigenvalue weighted by Gasteiger charge is -2.27. The first kappa shape index (κ1) is 26.3. The molecule has 0 unspecified atom stereocenters. The van der Waals surface area contributed by atoms with Gasteiger partial charge in [0.25, 0.3) is 5.56 Å². The minimum absolute atomic E-state index is 0.0298. The average Bonchev–Trinajstić information content (AvgIpc) is 3.11. The number of nitrogens with zero attached hydrogens (tertiary/aromatic N) is 1. The summed E-state index contributed by atoms with van der Waals surface area (Å²) in [5.41, 5.74) is 12.3. The van der Waals surface area contributed by atoms with Crippen molar-refractivity contribution in [2.24, 2.45) is 11.5 Å². The molecular formula is C24H17Cl4N3O4S. The van der Waals surface area contributed by atoms with Crippen molar-refractivity contribution in [1.82, 2.24) is 4.57 Å². The van der Waals surface area contributed by atoms with Crippen LogP contribution in [0.25, 0.3) is 17.5 Å². The maximum Gasteiger partial charge on any atom is 0.338 e. The summed E-state index contributed by atoms with van der Waals surface area (Å²) in [6.45, 7) is 1.65. The van der Waals surface area contributed by atoms with Crippen LogP contribution < -0.4 is 26.2 Å². The number of primary amides is 1. The Morgan fingerprint density at radius 1 is 1.06 bits per heavy atom. The number of rotatable bonds is 5. The molecule has 0 bridgehead atoms. The highest BCUT2D eigenvalue weighted by Crippen LogP contribution is 2.40. The lowest BCUT2D eigenvalue weighted by molar-refractivity contribution is -0.138. The summed E-state index contributed by atoms with van der Waals surface area (Å²) >= 11 is 25.8. The van der Waals surface area contributed by atoms with Crippen molar-refractivity contribution in [1.29, 1.82) is 0 Å². The first-order valence-electron chi connectivity index (χ1n) is 10.4. The smallest absolute Gasteiger partial charge is 0.338 e. The van der Waals surface area contributed by atoms with Gasteiger partial charge in [-0.1, -0.05) is 58.5 Å². The number of carbonyl (C=O) groups is 2. The van der Waals surface area contributed by atoms with Gasteiger partial charge in [0.05, 0.1) is 28.2 Å². The summed E-state index contributed by atoms with van der Waals surface area (Å²) in [7, 11) is 0. The van der Waals surface area contributed by atoms with Crippen molar-refractivity contribution >= 4 is 87.1 Å². The third-order valence-corrected chi connectivity index (χ3v) is 7.66. The maximum atomic E-state index is 13.5. The quantitative estimate of drug-likeness (QED) is 0.445. The molecule has 4 rings (SSSR count). The molecule has 1 aromatic heterocycles. The van der Waals surface area contributed by atoms with Crippen molar-refractivity contribution in [2.45, 2.75) is 12.8 Å². The van der Waals surface area contributed by atoms with Crippen LogP contribution in [0.5, 0.6) is 0 Å². The van der Waals surface area contributed by atoms with Crippen molar-refractivity contribution < 1.29 is 14.3 Å². The molecule has 3 aromatic rings. The molecule has 7 nitrogen and oxygen atoms in total. The second-order valence-corrected chi connectivity index (χ2v) is 10.3. The number of carbonyl (C=O) groups excluding carboxylic acids is 2. The van der Waals surface area contributed by atoms with E-state index in [1.165, 1.54) is 18.2 Å². The average molecular weight is 585 g/mol. The van der Waals surface area contributed by atoms with Crippen molar-refractivity contribution in [2.75, 3.05) is 6.61 Å². The Morgan fingerprint density at radius 2 is 1.69 bits per heavy atom. The van der Waals surface area contributed by atoms with E-state index in [0.717, 1.165) is 15.9 Å². The van der Waals surface area contributed by atoms with Crippen molar-refractivity contribution in [3.05, 3.63) is 92.7 Å². The number of ether oxygens (including phenoxy) is 1. The fourth-order valence-electron chi connectivity index (χ4n) is 3.90. The number of halogens is 4. The lowest BCUT2D eigenvalue weighted by atomic mass is 9.83. The Balaban J connectivity index is 2.13. The molecule has 1 atom stereocenters. The minimum Gasteiger partial charge on any atom is -0.463 e. The molecular weight excluding hydrogens is 568 g/mol. The van der Waals surface area contributed by atoms with Crippen molar-refractivity contribution in [3.63, 3.8) is 0 Å². The van der Waals surface area contributed by atoms with E-state index in [9.17, 15) is 14.4 Å². The summed E-state index contributed by atoms with van der Waals surface area (Å²) < 4.78 is 6.65. The van der Waals surface area contributed by atoms with Crippen LogP contribution in [0.4, 0.5) is 0 Å². The number of hydrogen-bond acceptors (Lipinski definition) is 6. The molecule has 0 saturated carbocycles. The Kier molecular flexibility index (Phi) is 7.54. The number of benzene rings is 2. The number of nitrogens with two attached hydrogens (primary N) is 2. The molecule has 0 saturated heterocycles. The van der Waals surface area contributed by atoms with E-state index >= 15 is 0 Å². The highest BCUT2D eigenvalue weighted by molar-refractivity contribution is 7.07. The zero-order valence-corrected chi connectivity index (χ0v) is 22.3. The van der Waals surface area contributed by atoms with Crippen LogP contribution >= 0.6 is 57.7 Å². The third-order valence-electron chi connectivity index (χ3n) is 5.43. The van der Waals surface area contributed by atoms with Crippen LogP contribution in [0.15, 0.2) is 46.8 Å². The van der Waals surface area contributed by atoms with Gasteiger partial charge in [-0.3, -0.25) is 14.2 Å². The number of hydrogen-bond donors (Lipinski definition) is 2. The van der Waals surface area contributed by atoms with Gasteiger partial charge in [-0.05, 0) is 48.4 Å². The van der Waals surface area contributed by atoms with Gasteiger partial charge in [0, 0.05) is 20.1 Å². The molecule has 0 fully saturated rings. The highest BCUT2D eigenvalue weighted by atomic mass is 35.5. The molecule has 0 spiro atoms. The van der Waals surface area contributed by atoms with E-state index in [1.807, 2.05) is 0 Å². The monoisotopic (exact) mass is 583 g/mol. The SMILES string of the molecule is CCOC(=O)C1=C(N)n2c(s/c(=C\c3ccc(Cl)cc3Cl)c2=O)=C(C(N)=O)[C@H]1c1ccc(Cl)cc1Cl. The molecule has 186 valence electrons. The van der Waals surface area contributed by atoms with Crippen LogP contribution in [0, 0.1) is 0 Å². The Hall–Kier alpha value is -2.75. The standard InChI is InChI=1S/C24H17Cl4N3O4S/c1-2-35-24(34)18-17(13-6-5-12(26)9-15(13)28)19(21(30)32)23-31(20(18)29)22(33)16(36-23)7-10-3-4-11(25)8-14(10)27/h3-9,17H,2,29H2,1H3,(H2,30,32)/b16-7-/t17-/m0/s1. The number of thiazole rings is 1. The maximum absolute atomic E-state index is 13.5. The first-order valence-corrected chi connectivity index (χ1v) is 12.7. The van der Waals surface area contributed by atoms with Gasteiger partial charge < -0.3 is 16.2 Å². The van der Waals surface area contributed by atoms with Crippen LogP contribution in [0.1, 0.15) is 24.0 Å². The Bertz CT molecular complexity index is 1640. The zero-order valence-electron chi connectivity index (χ0n) is 18.5. The van der Waals surface area contributed by atoms with Crippen LogP contribution in [0.2, 0.25) is 20.1 Å². The van der Waals surface area contributed by atoms with E-state index in [4.69, 9.17) is 62.6 Å². The Labute approximate surface area is 228 Å². The second-order valence-electron chi connectivity index (χ2n) is 7.62. The van der Waals surface area contributed by atoms with Gasteiger partial charge in [0.2, 0.25) is 5.91 Å². The predicted molar refractivity (Wildman–Crippen MR) is 144 cm³/mol. The van der Waals surface area contributed by atoms with Crippen LogP contribution in [0.3, 0.4) is 0 Å². The van der Waals surface area contributed by atoms with Gasteiger partial charge in [-0.2, -0.15) is 0 Å². The van der Waals surface area contributed by atoms with Crippen molar-refractivity contribution in [3.8, 4) is 0 Å². The molecule has 2 aromatic carbocycles. The van der Waals surface area contributed by atoms with E-state index in [-0.39, 0.29) is 37.8 Å². The number of amides is 1. The topological polar surface area (TPSA) is 117 Å². The highest BCUT2D eigenvalue weighted by Gasteiger charge is 2.39. The van der Waals surface area contributed by atoms with Crippen LogP contribution in [-0.2, 0) is 14.3 Å². The fraction of sp³-hybridized carbons (Fsp3) is 0.125. The van der Waals surface area contributed by atoms with Gasteiger partial charge in [-0.25, -0.2) is 4.79 Å². The first-order chi connectivity index (χ1) is 17.0. The normalized spacial score (nSPS) is 15.8. The lowest BCUT2D eigenvalue weighted by Crippen LogP contribution is -2.42. The summed E-state index contributed by atoms with van der Waals surface area (Å²) in [5, 5.41) is 1.27. The summed E-state index contributed by atoms with van der Waals surface area (Å²) in [6.07, 6.45) is 1.54. The van der Waals surface area contributed by atoms with E-state index in [0.29, 0.717) is 26.2 Å². The third kappa shape index (κ3) is 4.67. The molecule has 1 aliphatic rings. The molecule has 4 N–H and O–H groups in total. The van der Waals surface area contributed by atoms with E-state index in [2.05, 4.69) is 0 Å². The second kappa shape index (κ2) is 10.3. The zero-order chi connectivity index (χ0) is 26.3. The number of fused-ring (bicyclic) bond motifs is 1. The summed E-state index contributed by atoms with van der Waals surface area (Å²) in [4.78, 5) is 39.4. The largest absolute Gasteiger partial charge is 0.463 e. The molecule has 2 heterocycles. The van der Waals surface area contributed by atoms with Gasteiger partial charge in [-0.15, -0.1) is 11.3 Å². The summed E-state index contributed by atoms with van der Waals surface area (Å²) in [6, 6.07) is 9.38. The molecule has 1 amide bonds. The van der Waals surface area contributed by atoms with Crippen LogP contribution in [-0.4, -0.2) is 23.1 Å². The molecule has 36 heavy (non-hydrogen) atoms. The molecule has 0 radical (unpaired) electrons. The minimum atomic E-state index is -1.10. The molecule has 1 aliphatic heterocycles. The molecule has 12 heteroatoms. The number of esters is 1. The van der Waals surface area contributed by atoms with Gasteiger partial charge >= 0.3 is 5.97 Å². The predicted octanol–water partition coefficient (Wildman–Crippen LogP) is 3.48. The Morgan fingerprint density at radius 3 is 2.28 bits per heavy atom. The van der Waals surface area contributed by atoms with Gasteiger partial charge in [0.15, 0.2) is 0 Å². The van der Waals surface area contributed by atoms with E-state index in [1.54, 1.807) is 31.2 Å². The summed E-state index contributed by atoms with van der Waals surface area (Å²) in [5.74, 6) is -2.99.